The molecule has 1 atom stereocenters. The summed E-state index contributed by atoms with van der Waals surface area (Å²) < 4.78 is 5.05. The molecule has 0 aliphatic heterocycles. The summed E-state index contributed by atoms with van der Waals surface area (Å²) in [6, 6.07) is 8.63. The minimum absolute atomic E-state index is 0.294. The molecule has 1 aromatic carbocycles. The van der Waals surface area contributed by atoms with E-state index in [0.29, 0.717) is 17.0 Å². The number of para-hydroxylation sites is 1. The van der Waals surface area contributed by atoms with Crippen molar-refractivity contribution in [3.8, 4) is 17.9 Å². The van der Waals surface area contributed by atoms with Crippen molar-refractivity contribution in [2.45, 2.75) is 6.92 Å². The molecule has 0 radical (unpaired) electrons. The van der Waals surface area contributed by atoms with E-state index in [9.17, 15) is 4.79 Å². The number of nitriles is 2. The molecule has 0 saturated carbocycles. The van der Waals surface area contributed by atoms with Crippen LogP contribution in [0.1, 0.15) is 12.5 Å². The summed E-state index contributed by atoms with van der Waals surface area (Å²) >= 11 is 0. The third kappa shape index (κ3) is 2.73. The zero-order valence-electron chi connectivity index (χ0n) is 9.52. The van der Waals surface area contributed by atoms with Gasteiger partial charge in [0.15, 0.2) is 0 Å². The van der Waals surface area contributed by atoms with Crippen LogP contribution >= 0.6 is 0 Å². The van der Waals surface area contributed by atoms with Crippen molar-refractivity contribution in [1.82, 2.24) is 0 Å². The molecule has 86 valence electrons. The van der Waals surface area contributed by atoms with Crippen LogP contribution in [0.3, 0.4) is 0 Å². The van der Waals surface area contributed by atoms with Crippen molar-refractivity contribution in [2.24, 2.45) is 5.92 Å². The van der Waals surface area contributed by atoms with Gasteiger partial charge in [-0.3, -0.25) is 4.79 Å². The maximum absolute atomic E-state index is 11.6. The van der Waals surface area contributed by atoms with Crippen molar-refractivity contribution in [1.29, 1.82) is 10.5 Å². The second-order valence-corrected chi connectivity index (χ2v) is 3.33. The standard InChI is InChI=1S/C12H11N3O2/c1-8(6-13)12(16)15-11-9(7-14)4-3-5-10(11)17-2/h3-5,8H,1-2H3,(H,15,16). The average molecular weight is 229 g/mol. The summed E-state index contributed by atoms with van der Waals surface area (Å²) in [5.74, 6) is -0.859. The van der Waals surface area contributed by atoms with Gasteiger partial charge in [-0.25, -0.2) is 0 Å². The van der Waals surface area contributed by atoms with Crippen LogP contribution in [0, 0.1) is 28.6 Å². The van der Waals surface area contributed by atoms with Crippen LogP contribution in [-0.4, -0.2) is 13.0 Å². The highest BCUT2D eigenvalue weighted by Crippen LogP contribution is 2.28. The Morgan fingerprint density at radius 3 is 2.71 bits per heavy atom. The molecule has 0 saturated heterocycles. The molecule has 1 rings (SSSR count). The number of hydrogen-bond acceptors (Lipinski definition) is 4. The summed E-state index contributed by atoms with van der Waals surface area (Å²) in [7, 11) is 1.44. The number of benzene rings is 1. The number of nitrogens with zero attached hydrogens (tertiary/aromatic N) is 2. The molecule has 0 spiro atoms. The second kappa shape index (κ2) is 5.53. The third-order valence-corrected chi connectivity index (χ3v) is 2.20. The Morgan fingerprint density at radius 1 is 1.47 bits per heavy atom. The Labute approximate surface area is 99.2 Å². The molecule has 5 heteroatoms. The average Bonchev–Trinajstić information content (AvgIpc) is 2.37. The van der Waals surface area contributed by atoms with Gasteiger partial charge >= 0.3 is 0 Å². The summed E-state index contributed by atoms with van der Waals surface area (Å²) in [6.07, 6.45) is 0. The van der Waals surface area contributed by atoms with Gasteiger partial charge in [0.25, 0.3) is 0 Å². The van der Waals surface area contributed by atoms with Gasteiger partial charge in [-0.05, 0) is 19.1 Å². The van der Waals surface area contributed by atoms with Crippen LogP contribution in [0.2, 0.25) is 0 Å². The lowest BCUT2D eigenvalue weighted by molar-refractivity contribution is -0.117. The molecular weight excluding hydrogens is 218 g/mol. The predicted molar refractivity (Wildman–Crippen MR) is 61.1 cm³/mol. The number of ether oxygens (including phenoxy) is 1. The van der Waals surface area contributed by atoms with Crippen LogP contribution in [0.5, 0.6) is 5.75 Å². The van der Waals surface area contributed by atoms with E-state index in [2.05, 4.69) is 5.32 Å². The fraction of sp³-hybridized carbons (Fsp3) is 0.250. The maximum atomic E-state index is 11.6. The lowest BCUT2D eigenvalue weighted by Crippen LogP contribution is -2.20. The summed E-state index contributed by atoms with van der Waals surface area (Å²) in [4.78, 5) is 11.6. The molecule has 0 aromatic heterocycles. The molecule has 0 aliphatic carbocycles. The van der Waals surface area contributed by atoms with Gasteiger partial charge in [0.2, 0.25) is 5.91 Å². The predicted octanol–water partition coefficient (Wildman–Crippen LogP) is 1.67. The van der Waals surface area contributed by atoms with E-state index in [0.717, 1.165) is 0 Å². The number of anilines is 1. The molecule has 17 heavy (non-hydrogen) atoms. The fourth-order valence-electron chi connectivity index (χ4n) is 1.21. The molecule has 0 fully saturated rings. The largest absolute Gasteiger partial charge is 0.495 e. The highest BCUT2D eigenvalue weighted by Gasteiger charge is 2.16. The smallest absolute Gasteiger partial charge is 0.241 e. The van der Waals surface area contributed by atoms with Crippen LogP contribution < -0.4 is 10.1 Å². The van der Waals surface area contributed by atoms with E-state index in [1.165, 1.54) is 14.0 Å². The molecular formula is C12H11N3O2. The molecule has 1 unspecified atom stereocenters. The normalized spacial score (nSPS) is 10.8. The van der Waals surface area contributed by atoms with Crippen molar-refractivity contribution in [3.63, 3.8) is 0 Å². The number of hydrogen-bond donors (Lipinski definition) is 1. The van der Waals surface area contributed by atoms with Crippen molar-refractivity contribution in [2.75, 3.05) is 12.4 Å². The highest BCUT2D eigenvalue weighted by molar-refractivity contribution is 5.96. The Kier molecular flexibility index (Phi) is 4.08. The van der Waals surface area contributed by atoms with Crippen molar-refractivity contribution >= 4 is 11.6 Å². The number of carbonyl (C=O) groups excluding carboxylic acids is 1. The Hall–Kier alpha value is -2.53. The van der Waals surface area contributed by atoms with Crippen LogP contribution in [-0.2, 0) is 4.79 Å². The van der Waals surface area contributed by atoms with E-state index in [-0.39, 0.29) is 0 Å². The second-order valence-electron chi connectivity index (χ2n) is 3.33. The van der Waals surface area contributed by atoms with E-state index in [4.69, 9.17) is 15.3 Å². The van der Waals surface area contributed by atoms with Gasteiger partial charge in [-0.1, -0.05) is 6.07 Å². The lowest BCUT2D eigenvalue weighted by Gasteiger charge is -2.12. The molecule has 1 N–H and O–H groups in total. The molecule has 0 aliphatic rings. The fourth-order valence-corrected chi connectivity index (χ4v) is 1.21. The number of amides is 1. The first-order valence-electron chi connectivity index (χ1n) is 4.91. The van der Waals surface area contributed by atoms with Crippen LogP contribution in [0.15, 0.2) is 18.2 Å². The molecule has 1 aromatic rings. The monoisotopic (exact) mass is 229 g/mol. The van der Waals surface area contributed by atoms with E-state index >= 15 is 0 Å². The summed E-state index contributed by atoms with van der Waals surface area (Å²) in [6.45, 7) is 1.48. The van der Waals surface area contributed by atoms with E-state index in [1.807, 2.05) is 12.1 Å². The van der Waals surface area contributed by atoms with Gasteiger partial charge in [0, 0.05) is 0 Å². The van der Waals surface area contributed by atoms with Gasteiger partial charge in [0.05, 0.1) is 18.7 Å². The van der Waals surface area contributed by atoms with E-state index in [1.54, 1.807) is 18.2 Å². The third-order valence-electron chi connectivity index (χ3n) is 2.20. The summed E-state index contributed by atoms with van der Waals surface area (Å²) in [5.41, 5.74) is 0.590. The number of rotatable bonds is 3. The minimum atomic E-state index is -0.786. The zero-order chi connectivity index (χ0) is 12.8. The zero-order valence-corrected chi connectivity index (χ0v) is 9.52. The Bertz CT molecular complexity index is 511. The minimum Gasteiger partial charge on any atom is -0.495 e. The number of methoxy groups -OCH3 is 1. The number of nitrogens with one attached hydrogen (secondary N) is 1. The first-order chi connectivity index (χ1) is 8.13. The molecule has 1 amide bonds. The quantitative estimate of drug-likeness (QED) is 0.854. The topological polar surface area (TPSA) is 85.9 Å². The van der Waals surface area contributed by atoms with Gasteiger partial charge in [-0.15, -0.1) is 0 Å². The van der Waals surface area contributed by atoms with Crippen LogP contribution in [0.4, 0.5) is 5.69 Å². The first-order valence-corrected chi connectivity index (χ1v) is 4.91. The van der Waals surface area contributed by atoms with E-state index < -0.39 is 11.8 Å². The first kappa shape index (κ1) is 12.5. The highest BCUT2D eigenvalue weighted by atomic mass is 16.5. The maximum Gasteiger partial charge on any atom is 0.241 e. The summed E-state index contributed by atoms with van der Waals surface area (Å²) in [5, 5.41) is 20.1. The Morgan fingerprint density at radius 2 is 2.18 bits per heavy atom. The Balaban J connectivity index is 3.10. The van der Waals surface area contributed by atoms with Gasteiger partial charge in [0.1, 0.15) is 23.4 Å². The number of carbonyl (C=O) groups is 1. The van der Waals surface area contributed by atoms with Crippen molar-refractivity contribution in [3.05, 3.63) is 23.8 Å². The SMILES string of the molecule is COc1cccc(C#N)c1NC(=O)C(C)C#N. The van der Waals surface area contributed by atoms with Crippen LogP contribution in [0.25, 0.3) is 0 Å². The molecule has 0 heterocycles. The van der Waals surface area contributed by atoms with Gasteiger partial charge in [-0.2, -0.15) is 10.5 Å². The van der Waals surface area contributed by atoms with Gasteiger partial charge < -0.3 is 10.1 Å². The molecule has 5 nitrogen and oxygen atoms in total. The lowest BCUT2D eigenvalue weighted by atomic mass is 10.1. The molecule has 0 bridgehead atoms. The van der Waals surface area contributed by atoms with Crippen molar-refractivity contribution < 1.29 is 9.53 Å².